The van der Waals surface area contributed by atoms with Crippen molar-refractivity contribution in [1.82, 2.24) is 5.32 Å². The molecule has 3 aromatic rings. The van der Waals surface area contributed by atoms with Crippen molar-refractivity contribution in [3.8, 4) is 11.5 Å². The Bertz CT molecular complexity index is 1090. The minimum atomic E-state index is -0.159. The second-order valence-electron chi connectivity index (χ2n) is 8.26. The van der Waals surface area contributed by atoms with Crippen LogP contribution in [0.1, 0.15) is 53.9 Å². The molecule has 5 heteroatoms. The number of ether oxygens (including phenoxy) is 2. The average Bonchev–Trinajstić information content (AvgIpc) is 3.23. The molecule has 172 valence electrons. The third-order valence-corrected chi connectivity index (χ3v) is 5.99. The standard InChI is InChI=1S/C28H32N2O3/c1-4-32-26-15-14-24(18-27(26)33-5-2)20(3)29-28(31)23-12-10-21(11-13-23)19-30-17-16-22-8-6-7-9-25(22)30/h6-15,18,20H,4-5,16-17,19H2,1-3H3,(H,29,31). The summed E-state index contributed by atoms with van der Waals surface area (Å²) in [5.74, 6) is 1.33. The van der Waals surface area contributed by atoms with Gasteiger partial charge < -0.3 is 19.7 Å². The van der Waals surface area contributed by atoms with Gasteiger partial charge in [0.15, 0.2) is 11.5 Å². The van der Waals surface area contributed by atoms with E-state index in [1.165, 1.54) is 16.8 Å². The van der Waals surface area contributed by atoms with Crippen LogP contribution in [0.3, 0.4) is 0 Å². The number of amides is 1. The van der Waals surface area contributed by atoms with Crippen molar-refractivity contribution in [2.75, 3.05) is 24.7 Å². The fourth-order valence-electron chi connectivity index (χ4n) is 4.25. The molecule has 1 N–H and O–H groups in total. The highest BCUT2D eigenvalue weighted by atomic mass is 16.5. The summed E-state index contributed by atoms with van der Waals surface area (Å²) in [5, 5.41) is 3.09. The number of para-hydroxylation sites is 1. The summed E-state index contributed by atoms with van der Waals surface area (Å²) in [7, 11) is 0. The van der Waals surface area contributed by atoms with Crippen LogP contribution < -0.4 is 19.7 Å². The highest BCUT2D eigenvalue weighted by Gasteiger charge is 2.19. The molecule has 1 aliphatic rings. The van der Waals surface area contributed by atoms with Crippen molar-refractivity contribution in [2.45, 2.75) is 39.8 Å². The molecule has 1 heterocycles. The van der Waals surface area contributed by atoms with Crippen LogP contribution in [0.4, 0.5) is 5.69 Å². The zero-order valence-corrected chi connectivity index (χ0v) is 19.6. The number of fused-ring (bicyclic) bond motifs is 1. The van der Waals surface area contributed by atoms with Gasteiger partial charge in [0.1, 0.15) is 0 Å². The van der Waals surface area contributed by atoms with Gasteiger partial charge in [0, 0.05) is 24.3 Å². The fraction of sp³-hybridized carbons (Fsp3) is 0.321. The summed E-state index contributed by atoms with van der Waals surface area (Å²) in [6, 6.07) is 22.1. The van der Waals surface area contributed by atoms with E-state index in [-0.39, 0.29) is 11.9 Å². The Labute approximate surface area is 196 Å². The average molecular weight is 445 g/mol. The summed E-state index contributed by atoms with van der Waals surface area (Å²) in [4.78, 5) is 15.2. The largest absolute Gasteiger partial charge is 0.490 e. The third-order valence-electron chi connectivity index (χ3n) is 5.99. The molecule has 0 aliphatic carbocycles. The molecular weight excluding hydrogens is 412 g/mol. The van der Waals surface area contributed by atoms with E-state index >= 15 is 0 Å². The monoisotopic (exact) mass is 444 g/mol. The van der Waals surface area contributed by atoms with E-state index in [2.05, 4.69) is 34.5 Å². The van der Waals surface area contributed by atoms with Crippen molar-refractivity contribution in [2.24, 2.45) is 0 Å². The number of nitrogens with one attached hydrogen (secondary N) is 1. The van der Waals surface area contributed by atoms with Crippen LogP contribution in [0, 0.1) is 0 Å². The Morgan fingerprint density at radius 1 is 0.970 bits per heavy atom. The molecule has 0 aromatic heterocycles. The maximum Gasteiger partial charge on any atom is 0.251 e. The fourth-order valence-corrected chi connectivity index (χ4v) is 4.25. The molecule has 33 heavy (non-hydrogen) atoms. The third kappa shape index (κ3) is 5.30. The van der Waals surface area contributed by atoms with Gasteiger partial charge in [0.2, 0.25) is 0 Å². The Balaban J connectivity index is 1.39. The van der Waals surface area contributed by atoms with Gasteiger partial charge in [0.25, 0.3) is 5.91 Å². The van der Waals surface area contributed by atoms with E-state index in [1.54, 1.807) is 0 Å². The number of nitrogens with zero attached hydrogens (tertiary/aromatic N) is 1. The van der Waals surface area contributed by atoms with Crippen LogP contribution in [0.15, 0.2) is 66.7 Å². The van der Waals surface area contributed by atoms with E-state index in [0.29, 0.717) is 24.5 Å². The van der Waals surface area contributed by atoms with Gasteiger partial charge in [-0.3, -0.25) is 4.79 Å². The Kier molecular flexibility index (Phi) is 7.18. The minimum absolute atomic E-state index is 0.0904. The molecule has 0 saturated carbocycles. The maximum atomic E-state index is 12.9. The zero-order chi connectivity index (χ0) is 23.2. The predicted octanol–water partition coefficient (Wildman–Crippen LogP) is 5.54. The first-order valence-electron chi connectivity index (χ1n) is 11.7. The van der Waals surface area contributed by atoms with Crippen LogP contribution in [0.2, 0.25) is 0 Å². The van der Waals surface area contributed by atoms with Gasteiger partial charge in [-0.15, -0.1) is 0 Å². The highest BCUT2D eigenvalue weighted by molar-refractivity contribution is 5.94. The molecule has 0 fully saturated rings. The van der Waals surface area contributed by atoms with E-state index in [9.17, 15) is 4.79 Å². The molecule has 0 saturated heterocycles. The lowest BCUT2D eigenvalue weighted by Crippen LogP contribution is -2.26. The van der Waals surface area contributed by atoms with Crippen LogP contribution in [0.25, 0.3) is 0 Å². The quantitative estimate of drug-likeness (QED) is 0.471. The normalized spacial score (nSPS) is 13.4. The van der Waals surface area contributed by atoms with Crippen LogP contribution >= 0.6 is 0 Å². The van der Waals surface area contributed by atoms with E-state index in [1.807, 2.05) is 63.2 Å². The van der Waals surface area contributed by atoms with Crippen LogP contribution in [-0.2, 0) is 13.0 Å². The van der Waals surface area contributed by atoms with Gasteiger partial charge in [-0.2, -0.15) is 0 Å². The molecule has 1 amide bonds. The highest BCUT2D eigenvalue weighted by Crippen LogP contribution is 2.31. The van der Waals surface area contributed by atoms with Gasteiger partial charge in [0.05, 0.1) is 19.3 Å². The summed E-state index contributed by atoms with van der Waals surface area (Å²) in [5.41, 5.74) is 5.55. The number of anilines is 1. The molecule has 1 atom stereocenters. The Morgan fingerprint density at radius 2 is 1.70 bits per heavy atom. The lowest BCUT2D eigenvalue weighted by atomic mass is 10.1. The Hall–Kier alpha value is -3.47. The summed E-state index contributed by atoms with van der Waals surface area (Å²) in [6.45, 7) is 8.88. The van der Waals surface area contributed by atoms with Crippen molar-refractivity contribution < 1.29 is 14.3 Å². The second-order valence-corrected chi connectivity index (χ2v) is 8.26. The van der Waals surface area contributed by atoms with Crippen molar-refractivity contribution in [3.05, 3.63) is 89.0 Å². The first-order valence-corrected chi connectivity index (χ1v) is 11.7. The summed E-state index contributed by atoms with van der Waals surface area (Å²) >= 11 is 0. The lowest BCUT2D eigenvalue weighted by Gasteiger charge is -2.20. The summed E-state index contributed by atoms with van der Waals surface area (Å²) < 4.78 is 11.4. The molecule has 0 radical (unpaired) electrons. The van der Waals surface area contributed by atoms with E-state index in [0.717, 1.165) is 30.8 Å². The molecule has 1 aliphatic heterocycles. The number of carbonyl (C=O) groups excluding carboxylic acids is 1. The number of hydrogen-bond donors (Lipinski definition) is 1. The molecule has 4 rings (SSSR count). The first kappa shape index (κ1) is 22.7. The van der Waals surface area contributed by atoms with Gasteiger partial charge in [-0.1, -0.05) is 36.4 Å². The molecular formula is C28H32N2O3. The second kappa shape index (κ2) is 10.4. The van der Waals surface area contributed by atoms with Crippen LogP contribution in [0.5, 0.6) is 11.5 Å². The van der Waals surface area contributed by atoms with E-state index < -0.39 is 0 Å². The van der Waals surface area contributed by atoms with Crippen molar-refractivity contribution >= 4 is 11.6 Å². The molecule has 0 bridgehead atoms. The topological polar surface area (TPSA) is 50.8 Å². The smallest absolute Gasteiger partial charge is 0.251 e. The van der Waals surface area contributed by atoms with Gasteiger partial charge >= 0.3 is 0 Å². The lowest BCUT2D eigenvalue weighted by molar-refractivity contribution is 0.0940. The number of carbonyl (C=O) groups is 1. The van der Waals surface area contributed by atoms with Crippen LogP contribution in [-0.4, -0.2) is 25.7 Å². The molecule has 5 nitrogen and oxygen atoms in total. The van der Waals surface area contributed by atoms with Crippen molar-refractivity contribution in [1.29, 1.82) is 0 Å². The first-order chi connectivity index (χ1) is 16.1. The number of rotatable bonds is 9. The minimum Gasteiger partial charge on any atom is -0.490 e. The SMILES string of the molecule is CCOc1ccc(C(C)NC(=O)c2ccc(CN3CCc4ccccc43)cc2)cc1OCC. The molecule has 3 aromatic carbocycles. The Morgan fingerprint density at radius 3 is 2.45 bits per heavy atom. The molecule has 1 unspecified atom stereocenters. The number of benzene rings is 3. The number of hydrogen-bond acceptors (Lipinski definition) is 4. The summed E-state index contributed by atoms with van der Waals surface area (Å²) in [6.07, 6.45) is 1.09. The maximum absolute atomic E-state index is 12.9. The predicted molar refractivity (Wildman–Crippen MR) is 132 cm³/mol. The van der Waals surface area contributed by atoms with Crippen molar-refractivity contribution in [3.63, 3.8) is 0 Å². The van der Waals surface area contributed by atoms with Gasteiger partial charge in [-0.25, -0.2) is 0 Å². The molecule has 0 spiro atoms. The van der Waals surface area contributed by atoms with Gasteiger partial charge in [-0.05, 0) is 74.2 Å². The van der Waals surface area contributed by atoms with E-state index in [4.69, 9.17) is 9.47 Å². The zero-order valence-electron chi connectivity index (χ0n) is 19.6.